The second kappa shape index (κ2) is 9.00. The Hall–Kier alpha value is -2.14. The Labute approximate surface area is 131 Å². The minimum Gasteiger partial charge on any atom is -0.450 e. The van der Waals surface area contributed by atoms with E-state index >= 15 is 0 Å². The van der Waals surface area contributed by atoms with Crippen LogP contribution in [0.3, 0.4) is 0 Å². The van der Waals surface area contributed by atoms with Crippen LogP contribution in [0.2, 0.25) is 0 Å². The van der Waals surface area contributed by atoms with Crippen LogP contribution < -0.4 is 5.32 Å². The molecule has 0 rings (SSSR count). The van der Waals surface area contributed by atoms with Crippen molar-refractivity contribution in [2.24, 2.45) is 0 Å². The number of ether oxygens (including phenoxy) is 1. The van der Waals surface area contributed by atoms with Gasteiger partial charge in [0.15, 0.2) is 0 Å². The van der Waals surface area contributed by atoms with E-state index in [1.165, 1.54) is 11.9 Å². The molecule has 0 atom stereocenters. The molecule has 0 fully saturated rings. The highest BCUT2D eigenvalue weighted by Gasteiger charge is 2.28. The zero-order valence-corrected chi connectivity index (χ0v) is 13.8. The predicted molar refractivity (Wildman–Crippen MR) is 79.7 cm³/mol. The maximum atomic E-state index is 12.1. The Morgan fingerprint density at radius 2 is 1.82 bits per heavy atom. The third-order valence-electron chi connectivity index (χ3n) is 3.18. The molecule has 0 aromatic rings. The van der Waals surface area contributed by atoms with Crippen molar-refractivity contribution in [2.45, 2.75) is 33.2 Å². The van der Waals surface area contributed by atoms with Crippen LogP contribution >= 0.6 is 0 Å². The van der Waals surface area contributed by atoms with Gasteiger partial charge in [-0.3, -0.25) is 19.8 Å². The molecule has 0 aliphatic rings. The molecule has 22 heavy (non-hydrogen) atoms. The van der Waals surface area contributed by atoms with Crippen molar-refractivity contribution in [3.63, 3.8) is 0 Å². The van der Waals surface area contributed by atoms with Crippen LogP contribution in [-0.4, -0.2) is 66.5 Å². The molecule has 8 heteroatoms. The van der Waals surface area contributed by atoms with E-state index in [1.807, 2.05) is 6.07 Å². The molecule has 124 valence electrons. The molecule has 0 aliphatic heterocycles. The first-order chi connectivity index (χ1) is 10.2. The van der Waals surface area contributed by atoms with Crippen molar-refractivity contribution < 1.29 is 19.1 Å². The van der Waals surface area contributed by atoms with Crippen molar-refractivity contribution in [1.82, 2.24) is 15.1 Å². The average molecular weight is 312 g/mol. The van der Waals surface area contributed by atoms with E-state index in [0.29, 0.717) is 6.54 Å². The molecule has 8 nitrogen and oxygen atoms in total. The van der Waals surface area contributed by atoms with Gasteiger partial charge in [-0.2, -0.15) is 5.26 Å². The molecule has 0 radical (unpaired) electrons. The molecule has 0 aliphatic carbocycles. The van der Waals surface area contributed by atoms with Crippen LogP contribution in [0.4, 0.5) is 4.79 Å². The first kappa shape index (κ1) is 19.9. The van der Waals surface area contributed by atoms with Crippen LogP contribution in [-0.2, 0) is 14.3 Å². The smallest absolute Gasteiger partial charge is 0.413 e. The zero-order valence-electron chi connectivity index (χ0n) is 13.8. The van der Waals surface area contributed by atoms with Crippen molar-refractivity contribution in [1.29, 1.82) is 5.26 Å². The number of hydrogen-bond donors (Lipinski definition) is 1. The molecule has 3 amide bonds. The SMILES string of the molecule is CCOC(=O)NC(=O)CN(CC)CC(=O)N(C)C(C)(C)C#N. The molecule has 0 aromatic carbocycles. The van der Waals surface area contributed by atoms with Crippen LogP contribution in [0.5, 0.6) is 0 Å². The third kappa shape index (κ3) is 6.54. The fourth-order valence-electron chi connectivity index (χ4n) is 1.49. The molecule has 0 aromatic heterocycles. The number of hydrogen-bond acceptors (Lipinski definition) is 6. The Kier molecular flexibility index (Phi) is 8.12. The number of amides is 3. The Morgan fingerprint density at radius 3 is 2.27 bits per heavy atom. The van der Waals surface area contributed by atoms with Gasteiger partial charge in [-0.1, -0.05) is 6.92 Å². The molecule has 0 unspecified atom stereocenters. The van der Waals surface area contributed by atoms with Gasteiger partial charge < -0.3 is 9.64 Å². The summed E-state index contributed by atoms with van der Waals surface area (Å²) in [5.41, 5.74) is -0.927. The van der Waals surface area contributed by atoms with Gasteiger partial charge in [-0.25, -0.2) is 4.79 Å². The summed E-state index contributed by atoms with van der Waals surface area (Å²) in [6.07, 6.45) is -0.808. The standard InChI is InChI=1S/C14H24N4O4/c1-6-18(8-11(19)16-13(21)22-7-2)9-12(20)17(5)14(3,4)10-15/h6-9H2,1-5H3,(H,16,19,21). The summed E-state index contributed by atoms with van der Waals surface area (Å²) in [6, 6.07) is 2.04. The minimum atomic E-state index is -0.927. The van der Waals surface area contributed by atoms with Gasteiger partial charge in [0, 0.05) is 7.05 Å². The van der Waals surface area contributed by atoms with E-state index in [1.54, 1.807) is 32.6 Å². The van der Waals surface area contributed by atoms with E-state index in [9.17, 15) is 14.4 Å². The van der Waals surface area contributed by atoms with Gasteiger partial charge in [-0.05, 0) is 27.3 Å². The number of nitrogens with one attached hydrogen (secondary N) is 1. The molecular weight excluding hydrogens is 288 g/mol. The molecular formula is C14H24N4O4. The number of likely N-dealkylation sites (N-methyl/N-ethyl adjacent to an activating group) is 2. The summed E-state index contributed by atoms with van der Waals surface area (Å²) < 4.78 is 4.61. The summed E-state index contributed by atoms with van der Waals surface area (Å²) in [5.74, 6) is -0.826. The zero-order chi connectivity index (χ0) is 17.3. The second-order valence-corrected chi connectivity index (χ2v) is 5.20. The quantitative estimate of drug-likeness (QED) is 0.727. The number of nitriles is 1. The topological polar surface area (TPSA) is 103 Å². The van der Waals surface area contributed by atoms with E-state index in [2.05, 4.69) is 10.1 Å². The fraction of sp³-hybridized carbons (Fsp3) is 0.714. The highest BCUT2D eigenvalue weighted by molar-refractivity contribution is 5.93. The highest BCUT2D eigenvalue weighted by Crippen LogP contribution is 2.11. The van der Waals surface area contributed by atoms with Gasteiger partial charge in [0.2, 0.25) is 11.8 Å². The molecule has 1 N–H and O–H groups in total. The Balaban J connectivity index is 4.55. The number of carbonyl (C=O) groups is 3. The number of rotatable bonds is 7. The average Bonchev–Trinajstić information content (AvgIpc) is 2.45. The van der Waals surface area contributed by atoms with Gasteiger partial charge in [0.05, 0.1) is 25.8 Å². The molecule has 0 heterocycles. The van der Waals surface area contributed by atoms with E-state index in [4.69, 9.17) is 5.26 Å². The van der Waals surface area contributed by atoms with Gasteiger partial charge in [-0.15, -0.1) is 0 Å². The monoisotopic (exact) mass is 312 g/mol. The van der Waals surface area contributed by atoms with Crippen LogP contribution in [0.25, 0.3) is 0 Å². The summed E-state index contributed by atoms with van der Waals surface area (Å²) >= 11 is 0. The second-order valence-electron chi connectivity index (χ2n) is 5.20. The maximum Gasteiger partial charge on any atom is 0.413 e. The number of carbonyl (C=O) groups excluding carboxylic acids is 3. The fourth-order valence-corrected chi connectivity index (χ4v) is 1.49. The minimum absolute atomic E-state index is 0.0195. The van der Waals surface area contributed by atoms with E-state index in [-0.39, 0.29) is 25.6 Å². The maximum absolute atomic E-state index is 12.1. The van der Waals surface area contributed by atoms with Crippen LogP contribution in [0, 0.1) is 11.3 Å². The Morgan fingerprint density at radius 1 is 1.23 bits per heavy atom. The largest absolute Gasteiger partial charge is 0.450 e. The summed E-state index contributed by atoms with van der Waals surface area (Å²) in [6.45, 7) is 7.18. The van der Waals surface area contributed by atoms with E-state index < -0.39 is 17.5 Å². The number of imide groups is 1. The lowest BCUT2D eigenvalue weighted by atomic mass is 10.1. The number of nitrogens with zero attached hydrogens (tertiary/aromatic N) is 3. The molecule has 0 saturated carbocycles. The van der Waals surface area contributed by atoms with Gasteiger partial charge in [0.1, 0.15) is 5.54 Å². The predicted octanol–water partition coefficient (Wildman–Crippen LogP) is 0.342. The van der Waals surface area contributed by atoms with Gasteiger partial charge in [0.25, 0.3) is 0 Å². The lowest BCUT2D eigenvalue weighted by Crippen LogP contribution is -2.49. The van der Waals surface area contributed by atoms with Crippen LogP contribution in [0.15, 0.2) is 0 Å². The molecule has 0 bridgehead atoms. The van der Waals surface area contributed by atoms with Crippen molar-refractivity contribution in [3.05, 3.63) is 0 Å². The van der Waals surface area contributed by atoms with E-state index in [0.717, 1.165) is 0 Å². The molecule has 0 spiro atoms. The summed E-state index contributed by atoms with van der Waals surface area (Å²) in [7, 11) is 1.54. The first-order valence-corrected chi connectivity index (χ1v) is 7.04. The lowest BCUT2D eigenvalue weighted by Gasteiger charge is -2.31. The number of alkyl carbamates (subject to hydrolysis) is 1. The highest BCUT2D eigenvalue weighted by atomic mass is 16.5. The summed E-state index contributed by atoms with van der Waals surface area (Å²) in [4.78, 5) is 37.8. The van der Waals surface area contributed by atoms with Crippen molar-refractivity contribution >= 4 is 17.9 Å². The molecule has 0 saturated heterocycles. The first-order valence-electron chi connectivity index (χ1n) is 7.04. The third-order valence-corrected chi connectivity index (χ3v) is 3.18. The summed E-state index contributed by atoms with van der Waals surface area (Å²) in [5, 5.41) is 11.1. The Bertz CT molecular complexity index is 456. The van der Waals surface area contributed by atoms with Gasteiger partial charge >= 0.3 is 6.09 Å². The van der Waals surface area contributed by atoms with Crippen LogP contribution in [0.1, 0.15) is 27.7 Å². The van der Waals surface area contributed by atoms with Crippen molar-refractivity contribution in [3.8, 4) is 6.07 Å². The normalized spacial score (nSPS) is 10.8. The lowest BCUT2D eigenvalue weighted by molar-refractivity contribution is -0.134. The van der Waals surface area contributed by atoms with Crippen molar-refractivity contribution in [2.75, 3.05) is 33.3 Å².